The van der Waals surface area contributed by atoms with E-state index in [4.69, 9.17) is 9.47 Å². The molecule has 0 aliphatic heterocycles. The molecule has 6 nitrogen and oxygen atoms in total. The minimum Gasteiger partial charge on any atom is -0.493 e. The van der Waals surface area contributed by atoms with Gasteiger partial charge in [0.25, 0.3) is 5.91 Å². The highest BCUT2D eigenvalue weighted by molar-refractivity contribution is 5.94. The predicted molar refractivity (Wildman–Crippen MR) is 103 cm³/mol. The molecule has 1 amide bonds. The van der Waals surface area contributed by atoms with Crippen molar-refractivity contribution in [3.8, 4) is 22.8 Å². The third-order valence-electron chi connectivity index (χ3n) is 4.24. The van der Waals surface area contributed by atoms with Crippen LogP contribution < -0.4 is 14.8 Å². The van der Waals surface area contributed by atoms with E-state index in [1.54, 1.807) is 38.9 Å². The molecular formula is C21H21N3O3. The number of aromatic nitrogens is 2. The van der Waals surface area contributed by atoms with Gasteiger partial charge in [0.1, 0.15) is 0 Å². The smallest absolute Gasteiger partial charge is 0.253 e. The first kappa shape index (κ1) is 18.4. The number of ether oxygens (including phenoxy) is 2. The first-order valence-electron chi connectivity index (χ1n) is 8.51. The molecule has 0 unspecified atom stereocenters. The van der Waals surface area contributed by atoms with E-state index in [0.29, 0.717) is 17.1 Å². The summed E-state index contributed by atoms with van der Waals surface area (Å²) in [4.78, 5) is 21.0. The summed E-state index contributed by atoms with van der Waals surface area (Å²) in [7, 11) is 3.17. The highest BCUT2D eigenvalue weighted by atomic mass is 16.5. The van der Waals surface area contributed by atoms with Crippen LogP contribution in [0.4, 0.5) is 0 Å². The standard InChI is InChI=1S/C21H21N3O3/c1-14(15-7-9-19(26-2)20(11-15)27-3)24-21(25)17-6-8-18(23-13-17)16-5-4-10-22-12-16/h4-14H,1-3H3,(H,24,25)/t14-/m0/s1. The summed E-state index contributed by atoms with van der Waals surface area (Å²) < 4.78 is 10.6. The normalized spacial score (nSPS) is 11.5. The van der Waals surface area contributed by atoms with Gasteiger partial charge in [0, 0.05) is 24.2 Å². The highest BCUT2D eigenvalue weighted by Gasteiger charge is 2.14. The van der Waals surface area contributed by atoms with Crippen molar-refractivity contribution in [1.82, 2.24) is 15.3 Å². The summed E-state index contributed by atoms with van der Waals surface area (Å²) in [5, 5.41) is 2.97. The van der Waals surface area contributed by atoms with Gasteiger partial charge in [-0.3, -0.25) is 14.8 Å². The van der Waals surface area contributed by atoms with Crippen molar-refractivity contribution in [3.63, 3.8) is 0 Å². The Kier molecular flexibility index (Phi) is 5.66. The van der Waals surface area contributed by atoms with Crippen LogP contribution >= 0.6 is 0 Å². The van der Waals surface area contributed by atoms with Crippen molar-refractivity contribution in [3.05, 3.63) is 72.2 Å². The van der Waals surface area contributed by atoms with Gasteiger partial charge >= 0.3 is 0 Å². The Morgan fingerprint density at radius 3 is 2.48 bits per heavy atom. The quantitative estimate of drug-likeness (QED) is 0.724. The Labute approximate surface area is 158 Å². The predicted octanol–water partition coefficient (Wildman–Crippen LogP) is 3.65. The molecule has 0 saturated heterocycles. The van der Waals surface area contributed by atoms with Crippen LogP contribution in [0.15, 0.2) is 61.1 Å². The molecule has 0 radical (unpaired) electrons. The molecule has 1 aromatic carbocycles. The van der Waals surface area contributed by atoms with E-state index in [9.17, 15) is 4.79 Å². The Bertz CT molecular complexity index is 912. The molecule has 0 fully saturated rings. The molecule has 1 N–H and O–H groups in total. The van der Waals surface area contributed by atoms with Crippen LogP contribution in [0.2, 0.25) is 0 Å². The summed E-state index contributed by atoms with van der Waals surface area (Å²) in [5.74, 6) is 1.08. The molecule has 0 saturated carbocycles. The van der Waals surface area contributed by atoms with Gasteiger partial charge in [0.15, 0.2) is 11.5 Å². The number of carbonyl (C=O) groups is 1. The molecule has 3 aromatic rings. The molecular weight excluding hydrogens is 342 g/mol. The molecule has 27 heavy (non-hydrogen) atoms. The van der Waals surface area contributed by atoms with E-state index in [1.807, 2.05) is 43.3 Å². The molecule has 138 valence electrons. The number of benzene rings is 1. The van der Waals surface area contributed by atoms with Gasteiger partial charge in [-0.15, -0.1) is 0 Å². The molecule has 6 heteroatoms. The minimum absolute atomic E-state index is 0.192. The lowest BCUT2D eigenvalue weighted by Crippen LogP contribution is -2.26. The Hall–Kier alpha value is -3.41. The van der Waals surface area contributed by atoms with Crippen molar-refractivity contribution in [2.75, 3.05) is 14.2 Å². The zero-order valence-corrected chi connectivity index (χ0v) is 15.5. The monoisotopic (exact) mass is 363 g/mol. The summed E-state index contributed by atoms with van der Waals surface area (Å²) in [6, 6.07) is 12.7. The number of hydrogen-bond acceptors (Lipinski definition) is 5. The average Bonchev–Trinajstić information content (AvgIpc) is 2.73. The fourth-order valence-electron chi connectivity index (χ4n) is 2.70. The SMILES string of the molecule is COc1ccc([C@H](C)NC(=O)c2ccc(-c3cccnc3)nc2)cc1OC. The second kappa shape index (κ2) is 8.31. The number of hydrogen-bond donors (Lipinski definition) is 1. The van der Waals surface area contributed by atoms with E-state index in [-0.39, 0.29) is 11.9 Å². The summed E-state index contributed by atoms with van der Waals surface area (Å²) in [6.45, 7) is 1.91. The van der Waals surface area contributed by atoms with Crippen LogP contribution in [0, 0.1) is 0 Å². The second-order valence-electron chi connectivity index (χ2n) is 5.98. The highest BCUT2D eigenvalue weighted by Crippen LogP contribution is 2.30. The van der Waals surface area contributed by atoms with Crippen molar-refractivity contribution < 1.29 is 14.3 Å². The van der Waals surface area contributed by atoms with Gasteiger partial charge in [0.2, 0.25) is 0 Å². The number of nitrogens with one attached hydrogen (secondary N) is 1. The lowest BCUT2D eigenvalue weighted by Gasteiger charge is -2.16. The average molecular weight is 363 g/mol. The van der Waals surface area contributed by atoms with Gasteiger partial charge in [0.05, 0.1) is 31.5 Å². The minimum atomic E-state index is -0.199. The maximum absolute atomic E-state index is 12.5. The number of carbonyl (C=O) groups excluding carboxylic acids is 1. The third-order valence-corrected chi connectivity index (χ3v) is 4.24. The maximum atomic E-state index is 12.5. The molecule has 2 heterocycles. The summed E-state index contributed by atoms with van der Waals surface area (Å²) >= 11 is 0. The third kappa shape index (κ3) is 4.23. The lowest BCUT2D eigenvalue weighted by molar-refractivity contribution is 0.0939. The molecule has 3 rings (SSSR count). The molecule has 0 aliphatic rings. The van der Waals surface area contributed by atoms with Gasteiger partial charge in [-0.2, -0.15) is 0 Å². The molecule has 1 atom stereocenters. The van der Waals surface area contributed by atoms with Gasteiger partial charge < -0.3 is 14.8 Å². The van der Waals surface area contributed by atoms with Crippen molar-refractivity contribution in [2.45, 2.75) is 13.0 Å². The molecule has 0 aliphatic carbocycles. The summed E-state index contributed by atoms with van der Waals surface area (Å²) in [6.07, 6.45) is 5.01. The summed E-state index contributed by atoms with van der Waals surface area (Å²) in [5.41, 5.74) is 3.09. The Morgan fingerprint density at radius 1 is 1.04 bits per heavy atom. The fraction of sp³-hybridized carbons (Fsp3) is 0.190. The van der Waals surface area contributed by atoms with Gasteiger partial charge in [-0.1, -0.05) is 6.07 Å². The van der Waals surface area contributed by atoms with Crippen LogP contribution in [-0.2, 0) is 0 Å². The van der Waals surface area contributed by atoms with Crippen LogP contribution in [0.5, 0.6) is 11.5 Å². The second-order valence-corrected chi connectivity index (χ2v) is 5.98. The van der Waals surface area contributed by atoms with Gasteiger partial charge in [-0.05, 0) is 48.9 Å². The fourth-order valence-corrected chi connectivity index (χ4v) is 2.70. The first-order valence-corrected chi connectivity index (χ1v) is 8.51. The van der Waals surface area contributed by atoms with Crippen molar-refractivity contribution in [1.29, 1.82) is 0 Å². The van der Waals surface area contributed by atoms with Crippen LogP contribution in [0.25, 0.3) is 11.3 Å². The molecule has 0 spiro atoms. The topological polar surface area (TPSA) is 73.3 Å². The molecule has 2 aromatic heterocycles. The first-order chi connectivity index (χ1) is 13.1. The Morgan fingerprint density at radius 2 is 1.85 bits per heavy atom. The largest absolute Gasteiger partial charge is 0.493 e. The Balaban J connectivity index is 1.71. The van der Waals surface area contributed by atoms with Crippen LogP contribution in [-0.4, -0.2) is 30.1 Å². The van der Waals surface area contributed by atoms with E-state index in [2.05, 4.69) is 15.3 Å². The number of rotatable bonds is 6. The number of amides is 1. The van der Waals surface area contributed by atoms with Crippen molar-refractivity contribution in [2.24, 2.45) is 0 Å². The molecule has 0 bridgehead atoms. The lowest BCUT2D eigenvalue weighted by atomic mass is 10.1. The zero-order chi connectivity index (χ0) is 19.2. The number of nitrogens with zero attached hydrogens (tertiary/aromatic N) is 2. The van der Waals surface area contributed by atoms with Crippen molar-refractivity contribution >= 4 is 5.91 Å². The zero-order valence-electron chi connectivity index (χ0n) is 15.5. The van der Waals surface area contributed by atoms with E-state index in [0.717, 1.165) is 16.8 Å². The van der Waals surface area contributed by atoms with Gasteiger partial charge in [-0.25, -0.2) is 0 Å². The van der Waals surface area contributed by atoms with E-state index < -0.39 is 0 Å². The van der Waals surface area contributed by atoms with Crippen LogP contribution in [0.1, 0.15) is 28.9 Å². The van der Waals surface area contributed by atoms with E-state index >= 15 is 0 Å². The number of methoxy groups -OCH3 is 2. The number of pyridine rings is 2. The maximum Gasteiger partial charge on any atom is 0.253 e. The van der Waals surface area contributed by atoms with Crippen LogP contribution in [0.3, 0.4) is 0 Å². The van der Waals surface area contributed by atoms with E-state index in [1.165, 1.54) is 0 Å².